The summed E-state index contributed by atoms with van der Waals surface area (Å²) in [6.45, 7) is 12.9. The molecule has 0 unspecified atom stereocenters. The number of hydrogen-bond acceptors (Lipinski definition) is 5. The molecule has 1 aliphatic rings. The van der Waals surface area contributed by atoms with E-state index in [1.165, 1.54) is 11.3 Å². The molecule has 1 fully saturated rings. The van der Waals surface area contributed by atoms with E-state index in [9.17, 15) is 9.59 Å². The number of aromatic nitrogens is 1. The van der Waals surface area contributed by atoms with Gasteiger partial charge in [-0.25, -0.2) is 9.78 Å². The highest BCUT2D eigenvalue weighted by atomic mass is 32.1. The average Bonchev–Trinajstić information content (AvgIpc) is 3.28. The van der Waals surface area contributed by atoms with Gasteiger partial charge in [0.05, 0.1) is 10.7 Å². The Morgan fingerprint density at radius 1 is 1.33 bits per heavy atom. The minimum Gasteiger partial charge on any atom is -0.444 e. The third-order valence-corrected chi connectivity index (χ3v) is 5.29. The Kier molecular flexibility index (Phi) is 7.25. The summed E-state index contributed by atoms with van der Waals surface area (Å²) in [7, 11) is 0. The molecule has 0 spiro atoms. The first-order valence-electron chi connectivity index (χ1n) is 9.81. The highest BCUT2D eigenvalue weighted by Crippen LogP contribution is 2.28. The molecule has 6 nitrogen and oxygen atoms in total. The highest BCUT2D eigenvalue weighted by molar-refractivity contribution is 7.13. The number of nitrogens with one attached hydrogen (secondary N) is 1. The number of ether oxygens (including phenoxy) is 1. The lowest BCUT2D eigenvalue weighted by Gasteiger charge is -2.27. The SMILES string of the molecule is Cc1nc(CC(C)C)sc1C(=O)NCCCN(C(=O)OC(C)(C)C)C1CC1. The number of hydrogen-bond donors (Lipinski definition) is 1. The third-order valence-electron chi connectivity index (χ3n) is 4.11. The molecule has 152 valence electrons. The summed E-state index contributed by atoms with van der Waals surface area (Å²) in [5, 5.41) is 3.97. The zero-order valence-electron chi connectivity index (χ0n) is 17.4. The molecular formula is C20H33N3O3S. The van der Waals surface area contributed by atoms with Gasteiger partial charge in [0.15, 0.2) is 0 Å². The Balaban J connectivity index is 1.80. The monoisotopic (exact) mass is 395 g/mol. The van der Waals surface area contributed by atoms with Gasteiger partial charge in [-0.1, -0.05) is 13.8 Å². The fourth-order valence-electron chi connectivity index (χ4n) is 2.76. The van der Waals surface area contributed by atoms with Crippen LogP contribution in [0.1, 0.15) is 74.3 Å². The van der Waals surface area contributed by atoms with Gasteiger partial charge in [-0.3, -0.25) is 4.79 Å². The van der Waals surface area contributed by atoms with Crippen molar-refractivity contribution in [1.29, 1.82) is 0 Å². The number of thiazole rings is 1. The highest BCUT2D eigenvalue weighted by Gasteiger charge is 2.34. The van der Waals surface area contributed by atoms with Gasteiger partial charge in [-0.05, 0) is 52.9 Å². The Bertz CT molecular complexity index is 660. The number of nitrogens with zero attached hydrogens (tertiary/aromatic N) is 2. The molecule has 1 saturated carbocycles. The molecule has 27 heavy (non-hydrogen) atoms. The van der Waals surface area contributed by atoms with Gasteiger partial charge in [0.25, 0.3) is 5.91 Å². The molecule has 1 aromatic rings. The van der Waals surface area contributed by atoms with Crippen molar-refractivity contribution >= 4 is 23.3 Å². The molecule has 2 amide bonds. The minimum atomic E-state index is -0.490. The minimum absolute atomic E-state index is 0.0738. The Hall–Kier alpha value is -1.63. The van der Waals surface area contributed by atoms with Crippen molar-refractivity contribution in [3.63, 3.8) is 0 Å². The van der Waals surface area contributed by atoms with Gasteiger partial charge in [0, 0.05) is 25.6 Å². The second-order valence-electron chi connectivity index (χ2n) is 8.63. The summed E-state index contributed by atoms with van der Waals surface area (Å²) in [4.78, 5) is 31.8. The maximum absolute atomic E-state index is 12.4. The van der Waals surface area contributed by atoms with Crippen LogP contribution in [-0.4, -0.2) is 46.6 Å². The maximum atomic E-state index is 12.4. The predicted octanol–water partition coefficient (Wildman–Crippen LogP) is 4.17. The molecule has 0 bridgehead atoms. The van der Waals surface area contributed by atoms with Crippen LogP contribution in [0.5, 0.6) is 0 Å². The standard InChI is InChI=1S/C20H33N3O3S/c1-13(2)12-16-22-14(3)17(27-16)18(24)21-10-7-11-23(15-8-9-15)19(25)26-20(4,5)6/h13,15H,7-12H2,1-6H3,(H,21,24). The number of aryl methyl sites for hydroxylation is 1. The number of rotatable bonds is 8. The molecule has 0 saturated heterocycles. The zero-order valence-corrected chi connectivity index (χ0v) is 18.2. The van der Waals surface area contributed by atoms with Gasteiger partial charge in [-0.2, -0.15) is 0 Å². The quantitative estimate of drug-likeness (QED) is 0.671. The van der Waals surface area contributed by atoms with Gasteiger partial charge >= 0.3 is 6.09 Å². The van der Waals surface area contributed by atoms with Gasteiger partial charge in [0.2, 0.25) is 0 Å². The van der Waals surface area contributed by atoms with Crippen molar-refractivity contribution in [2.45, 2.75) is 78.9 Å². The molecule has 0 aliphatic heterocycles. The summed E-state index contributed by atoms with van der Waals surface area (Å²) in [6.07, 6.45) is 3.41. The number of amides is 2. The van der Waals surface area contributed by atoms with E-state index in [2.05, 4.69) is 24.1 Å². The van der Waals surface area contributed by atoms with E-state index in [1.54, 1.807) is 4.90 Å². The predicted molar refractivity (Wildman–Crippen MR) is 108 cm³/mol. The van der Waals surface area contributed by atoms with Crippen LogP contribution in [0.25, 0.3) is 0 Å². The van der Waals surface area contributed by atoms with E-state index in [0.29, 0.717) is 30.3 Å². The van der Waals surface area contributed by atoms with Crippen LogP contribution < -0.4 is 5.32 Å². The second-order valence-corrected chi connectivity index (χ2v) is 9.72. The molecule has 1 N–H and O–H groups in total. The Labute approximate surface area is 166 Å². The van der Waals surface area contributed by atoms with E-state index < -0.39 is 5.60 Å². The summed E-state index contributed by atoms with van der Waals surface area (Å²) in [6, 6.07) is 0.290. The Morgan fingerprint density at radius 2 is 2.00 bits per heavy atom. The van der Waals surface area contributed by atoms with E-state index in [4.69, 9.17) is 4.74 Å². The summed E-state index contributed by atoms with van der Waals surface area (Å²) in [5.74, 6) is 0.447. The molecule has 2 rings (SSSR count). The molecule has 0 aromatic carbocycles. The smallest absolute Gasteiger partial charge is 0.410 e. The van der Waals surface area contributed by atoms with Crippen LogP contribution in [0.3, 0.4) is 0 Å². The van der Waals surface area contributed by atoms with E-state index in [-0.39, 0.29) is 18.0 Å². The normalized spacial score (nSPS) is 14.3. The van der Waals surface area contributed by atoms with Crippen molar-refractivity contribution in [3.8, 4) is 0 Å². The van der Waals surface area contributed by atoms with Crippen molar-refractivity contribution in [2.24, 2.45) is 5.92 Å². The van der Waals surface area contributed by atoms with Gasteiger partial charge in [0.1, 0.15) is 10.5 Å². The first-order chi connectivity index (χ1) is 12.6. The van der Waals surface area contributed by atoms with Crippen LogP contribution in [0.2, 0.25) is 0 Å². The molecule has 1 heterocycles. The molecule has 0 radical (unpaired) electrons. The van der Waals surface area contributed by atoms with Crippen molar-refractivity contribution in [3.05, 3.63) is 15.6 Å². The third kappa shape index (κ3) is 7.13. The topological polar surface area (TPSA) is 71.5 Å². The summed E-state index contributed by atoms with van der Waals surface area (Å²) < 4.78 is 5.49. The molecule has 1 aromatic heterocycles. The summed E-state index contributed by atoms with van der Waals surface area (Å²) >= 11 is 1.48. The average molecular weight is 396 g/mol. The Morgan fingerprint density at radius 3 is 2.56 bits per heavy atom. The fraction of sp³-hybridized carbons (Fsp3) is 0.750. The van der Waals surface area contributed by atoms with Crippen LogP contribution in [0, 0.1) is 12.8 Å². The van der Waals surface area contributed by atoms with Gasteiger partial charge in [-0.15, -0.1) is 11.3 Å². The molecule has 0 atom stereocenters. The summed E-state index contributed by atoms with van der Waals surface area (Å²) in [5.41, 5.74) is 0.303. The maximum Gasteiger partial charge on any atom is 0.410 e. The van der Waals surface area contributed by atoms with E-state index >= 15 is 0 Å². The molecule has 7 heteroatoms. The van der Waals surface area contributed by atoms with Gasteiger partial charge < -0.3 is 15.0 Å². The number of carbonyl (C=O) groups is 2. The van der Waals surface area contributed by atoms with Crippen LogP contribution in [-0.2, 0) is 11.2 Å². The van der Waals surface area contributed by atoms with Crippen molar-refractivity contribution < 1.29 is 14.3 Å². The zero-order chi connectivity index (χ0) is 20.2. The number of carbonyl (C=O) groups excluding carboxylic acids is 2. The largest absolute Gasteiger partial charge is 0.444 e. The van der Waals surface area contributed by atoms with Crippen LogP contribution in [0.15, 0.2) is 0 Å². The lowest BCUT2D eigenvalue weighted by molar-refractivity contribution is 0.0232. The second kappa shape index (κ2) is 9.04. The first-order valence-corrected chi connectivity index (χ1v) is 10.6. The van der Waals surface area contributed by atoms with Crippen molar-refractivity contribution in [1.82, 2.24) is 15.2 Å². The lowest BCUT2D eigenvalue weighted by atomic mass is 10.1. The van der Waals surface area contributed by atoms with Crippen LogP contribution >= 0.6 is 11.3 Å². The van der Waals surface area contributed by atoms with E-state index in [0.717, 1.165) is 30.0 Å². The lowest BCUT2D eigenvalue weighted by Crippen LogP contribution is -2.39. The fourth-order valence-corrected chi connectivity index (χ4v) is 3.95. The van der Waals surface area contributed by atoms with E-state index in [1.807, 2.05) is 27.7 Å². The molecule has 1 aliphatic carbocycles. The van der Waals surface area contributed by atoms with Crippen LogP contribution in [0.4, 0.5) is 4.79 Å². The first kappa shape index (κ1) is 21.7. The van der Waals surface area contributed by atoms with Crippen molar-refractivity contribution in [2.75, 3.05) is 13.1 Å². The molecular weight excluding hydrogens is 362 g/mol.